The third-order valence-corrected chi connectivity index (χ3v) is 7.29. The van der Waals surface area contributed by atoms with Crippen LogP contribution in [0.5, 0.6) is 0 Å². The number of aliphatic hydroxyl groups is 1. The lowest BCUT2D eigenvalue weighted by Crippen LogP contribution is -2.56. The Morgan fingerprint density at radius 3 is 2.41 bits per heavy atom. The van der Waals surface area contributed by atoms with E-state index in [2.05, 4.69) is 14.9 Å². The number of hydrogen-bond donors (Lipinski definition) is 2. The first-order valence-electron chi connectivity index (χ1n) is 10.9. The van der Waals surface area contributed by atoms with Crippen LogP contribution in [-0.4, -0.2) is 62.6 Å². The summed E-state index contributed by atoms with van der Waals surface area (Å²) in [6.07, 6.45) is -8.16. The highest BCUT2D eigenvalue weighted by Crippen LogP contribution is 2.61. The number of ether oxygens (including phenoxy) is 1. The fourth-order valence-corrected chi connectivity index (χ4v) is 5.67. The number of rotatable bonds is 4. The number of aromatic nitrogens is 3. The second kappa shape index (κ2) is 7.82. The molecule has 2 aromatic heterocycles. The van der Waals surface area contributed by atoms with E-state index in [0.29, 0.717) is 25.7 Å². The van der Waals surface area contributed by atoms with Gasteiger partial charge in [0.15, 0.2) is 0 Å². The van der Waals surface area contributed by atoms with Gasteiger partial charge < -0.3 is 20.1 Å². The van der Waals surface area contributed by atoms with Crippen molar-refractivity contribution in [2.24, 2.45) is 5.92 Å². The van der Waals surface area contributed by atoms with Crippen molar-refractivity contribution in [3.8, 4) is 11.3 Å². The Kier molecular flexibility index (Phi) is 5.37. The van der Waals surface area contributed by atoms with E-state index in [1.54, 1.807) is 0 Å². The number of nitrogens with two attached hydrogens (primary N) is 1. The fraction of sp³-hybridized carbons (Fsp3) is 0.619. The zero-order valence-corrected chi connectivity index (χ0v) is 17.9. The molecule has 0 spiro atoms. The van der Waals surface area contributed by atoms with Crippen molar-refractivity contribution >= 4 is 5.82 Å². The number of aliphatic hydroxyl groups excluding tert-OH is 1. The number of nitrogens with zero attached hydrogens (tertiary/aromatic N) is 4. The van der Waals surface area contributed by atoms with E-state index in [4.69, 9.17) is 10.5 Å². The largest absolute Gasteiger partial charge is 0.421 e. The van der Waals surface area contributed by atoms with E-state index in [0.717, 1.165) is 32.1 Å². The summed E-state index contributed by atoms with van der Waals surface area (Å²) in [5.74, 6) is -1.29. The SMILES string of the molecule is Nc1ncc(-c2cn(C3CC4(N5CCOCC5)CC3C4)c(C(O)C(F)(F)F)n2)cc1C(F)(F)F. The van der Waals surface area contributed by atoms with Crippen LogP contribution in [0.1, 0.15) is 42.8 Å². The topological polar surface area (TPSA) is 89.4 Å². The second-order valence-corrected chi connectivity index (χ2v) is 9.25. The van der Waals surface area contributed by atoms with Crippen LogP contribution in [0.2, 0.25) is 0 Å². The highest BCUT2D eigenvalue weighted by Gasteiger charge is 2.60. The molecule has 3 aliphatic carbocycles. The Hall–Kier alpha value is -2.38. The molecule has 3 heterocycles. The van der Waals surface area contributed by atoms with Crippen LogP contribution >= 0.6 is 0 Å². The first kappa shape index (κ1) is 23.4. The standard InChI is InChI=1S/C21H23F6N5O2/c22-20(23,24)13-5-11(9-29-17(13)28)14-10-32(18(30-14)16(33)21(25,26)27)15-8-19(6-12(15)7-19)31-1-3-34-4-2-31/h5,9-10,12,15-16,33H,1-4,6-8H2,(H2,28,29). The number of morpholine rings is 1. The van der Waals surface area contributed by atoms with Crippen molar-refractivity contribution in [2.45, 2.75) is 49.3 Å². The van der Waals surface area contributed by atoms with Gasteiger partial charge in [-0.1, -0.05) is 0 Å². The van der Waals surface area contributed by atoms with Crippen molar-refractivity contribution in [1.29, 1.82) is 0 Å². The van der Waals surface area contributed by atoms with Gasteiger partial charge in [-0.2, -0.15) is 26.3 Å². The Bertz CT molecular complexity index is 1070. The van der Waals surface area contributed by atoms with Gasteiger partial charge in [-0.3, -0.25) is 4.90 Å². The molecule has 2 aromatic rings. The van der Waals surface area contributed by atoms with Crippen molar-refractivity contribution < 1.29 is 36.2 Å². The van der Waals surface area contributed by atoms with E-state index in [9.17, 15) is 31.4 Å². The van der Waals surface area contributed by atoms with E-state index in [1.165, 1.54) is 10.8 Å². The molecular formula is C21H23F6N5O2. The first-order chi connectivity index (χ1) is 15.9. The Balaban J connectivity index is 1.52. The van der Waals surface area contributed by atoms with Gasteiger partial charge in [0.05, 0.1) is 24.5 Å². The van der Waals surface area contributed by atoms with E-state index >= 15 is 0 Å². The maximum absolute atomic E-state index is 13.5. The van der Waals surface area contributed by atoms with Crippen LogP contribution in [0, 0.1) is 5.92 Å². The molecule has 0 aromatic carbocycles. The highest BCUT2D eigenvalue weighted by atomic mass is 19.4. The Morgan fingerprint density at radius 2 is 1.79 bits per heavy atom. The summed E-state index contributed by atoms with van der Waals surface area (Å²) >= 11 is 0. The lowest BCUT2D eigenvalue weighted by atomic mass is 9.75. The van der Waals surface area contributed by atoms with Gasteiger partial charge in [0.25, 0.3) is 0 Å². The van der Waals surface area contributed by atoms with Gasteiger partial charge in [0.1, 0.15) is 11.6 Å². The van der Waals surface area contributed by atoms with Crippen LogP contribution in [0.25, 0.3) is 11.3 Å². The maximum Gasteiger partial charge on any atom is 0.421 e. The second-order valence-electron chi connectivity index (χ2n) is 9.25. The van der Waals surface area contributed by atoms with Gasteiger partial charge in [-0.25, -0.2) is 9.97 Å². The number of anilines is 1. The normalized spacial score (nSPS) is 28.7. The van der Waals surface area contributed by atoms with Crippen LogP contribution in [0.4, 0.5) is 32.2 Å². The van der Waals surface area contributed by atoms with Crippen LogP contribution in [-0.2, 0) is 10.9 Å². The molecule has 34 heavy (non-hydrogen) atoms. The lowest BCUT2D eigenvalue weighted by Gasteiger charge is -2.49. The zero-order chi connectivity index (χ0) is 24.5. The molecule has 2 bridgehead atoms. The third kappa shape index (κ3) is 3.83. The summed E-state index contributed by atoms with van der Waals surface area (Å²) in [4.78, 5) is 9.81. The molecule has 3 N–H and O–H groups in total. The summed E-state index contributed by atoms with van der Waals surface area (Å²) in [6, 6.07) is 0.350. The molecule has 1 saturated heterocycles. The Morgan fingerprint density at radius 1 is 1.12 bits per heavy atom. The smallest absolute Gasteiger partial charge is 0.383 e. The van der Waals surface area contributed by atoms with Crippen LogP contribution < -0.4 is 5.73 Å². The molecule has 2 unspecified atom stereocenters. The molecule has 2 atom stereocenters. The summed E-state index contributed by atoms with van der Waals surface area (Å²) in [5, 5.41) is 10.0. The van der Waals surface area contributed by atoms with Crippen molar-refractivity contribution in [2.75, 3.05) is 32.0 Å². The molecule has 4 fully saturated rings. The highest BCUT2D eigenvalue weighted by molar-refractivity contribution is 5.62. The van der Waals surface area contributed by atoms with E-state index in [-0.39, 0.29) is 28.8 Å². The molecular weight excluding hydrogens is 468 g/mol. The lowest BCUT2D eigenvalue weighted by molar-refractivity contribution is -0.210. The van der Waals surface area contributed by atoms with Gasteiger partial charge in [0, 0.05) is 42.6 Å². The fourth-order valence-electron chi connectivity index (χ4n) is 5.67. The molecule has 6 rings (SSSR count). The zero-order valence-electron chi connectivity index (χ0n) is 17.9. The van der Waals surface area contributed by atoms with Crippen molar-refractivity contribution in [3.05, 3.63) is 29.8 Å². The average molecular weight is 491 g/mol. The van der Waals surface area contributed by atoms with Crippen molar-refractivity contribution in [1.82, 2.24) is 19.4 Å². The predicted molar refractivity (Wildman–Crippen MR) is 107 cm³/mol. The molecule has 13 heteroatoms. The van der Waals surface area contributed by atoms with E-state index < -0.39 is 35.7 Å². The quantitative estimate of drug-likeness (QED) is 0.636. The minimum atomic E-state index is -4.99. The number of fused-ring (bicyclic) bond motifs is 1. The summed E-state index contributed by atoms with van der Waals surface area (Å²) in [6.45, 7) is 2.67. The predicted octanol–water partition coefficient (Wildman–Crippen LogP) is 3.57. The molecule has 1 aliphatic heterocycles. The summed E-state index contributed by atoms with van der Waals surface area (Å²) in [7, 11) is 0. The number of halogens is 6. The number of hydrogen-bond acceptors (Lipinski definition) is 6. The monoisotopic (exact) mass is 491 g/mol. The molecule has 0 amide bonds. The average Bonchev–Trinajstić information content (AvgIpc) is 3.44. The van der Waals surface area contributed by atoms with Gasteiger partial charge in [-0.15, -0.1) is 0 Å². The number of nitrogen functional groups attached to an aromatic ring is 1. The molecule has 186 valence electrons. The van der Waals surface area contributed by atoms with Gasteiger partial charge in [0.2, 0.25) is 6.10 Å². The minimum Gasteiger partial charge on any atom is -0.383 e. The van der Waals surface area contributed by atoms with Crippen LogP contribution in [0.15, 0.2) is 18.5 Å². The minimum absolute atomic E-state index is 0.0827. The number of alkyl halides is 6. The van der Waals surface area contributed by atoms with Gasteiger partial charge >= 0.3 is 12.4 Å². The van der Waals surface area contributed by atoms with Crippen molar-refractivity contribution in [3.63, 3.8) is 0 Å². The third-order valence-electron chi connectivity index (χ3n) is 7.29. The number of pyridine rings is 1. The summed E-state index contributed by atoms with van der Waals surface area (Å²) < 4.78 is 86.9. The molecule has 4 aliphatic rings. The molecule has 3 saturated carbocycles. The summed E-state index contributed by atoms with van der Waals surface area (Å²) in [5.41, 5.74) is 3.73. The maximum atomic E-state index is 13.5. The first-order valence-corrected chi connectivity index (χ1v) is 10.9. The van der Waals surface area contributed by atoms with Gasteiger partial charge in [-0.05, 0) is 31.2 Å². The molecule has 0 radical (unpaired) electrons. The number of imidazole rings is 1. The van der Waals surface area contributed by atoms with Crippen LogP contribution in [0.3, 0.4) is 0 Å². The Labute approximate surface area is 190 Å². The van der Waals surface area contributed by atoms with E-state index in [1.807, 2.05) is 0 Å². The molecule has 7 nitrogen and oxygen atoms in total.